The Bertz CT molecular complexity index is 429. The summed E-state index contributed by atoms with van der Waals surface area (Å²) in [6, 6.07) is 5.49. The Hall–Kier alpha value is -1.09. The number of halogens is 1. The molecule has 0 unspecified atom stereocenters. The lowest BCUT2D eigenvalue weighted by molar-refractivity contribution is 0.245. The van der Waals surface area contributed by atoms with E-state index in [1.807, 2.05) is 6.07 Å². The molecule has 2 N–H and O–H groups in total. The molecule has 1 heterocycles. The highest BCUT2D eigenvalue weighted by Crippen LogP contribution is 2.47. The summed E-state index contributed by atoms with van der Waals surface area (Å²) in [6.07, 6.45) is 5.67. The van der Waals surface area contributed by atoms with Gasteiger partial charge < -0.3 is 10.6 Å². The third-order valence-corrected chi connectivity index (χ3v) is 4.67. The van der Waals surface area contributed by atoms with Crippen LogP contribution in [0.5, 0.6) is 0 Å². The topological polar surface area (TPSA) is 29.3 Å². The Balaban J connectivity index is 2.05. The van der Waals surface area contributed by atoms with Crippen LogP contribution in [0.25, 0.3) is 0 Å². The predicted octanol–water partition coefficient (Wildman–Crippen LogP) is 2.81. The fourth-order valence-corrected chi connectivity index (χ4v) is 3.42. The second kappa shape index (κ2) is 4.54. The Morgan fingerprint density at radius 2 is 1.89 bits per heavy atom. The van der Waals surface area contributed by atoms with Gasteiger partial charge in [0.2, 0.25) is 0 Å². The zero-order chi connectivity index (χ0) is 12.6. The van der Waals surface area contributed by atoms with E-state index in [1.54, 1.807) is 6.07 Å². The Morgan fingerprint density at radius 1 is 1.17 bits per heavy atom. The van der Waals surface area contributed by atoms with Crippen LogP contribution >= 0.6 is 0 Å². The van der Waals surface area contributed by atoms with Crippen molar-refractivity contribution in [3.8, 4) is 0 Å². The first kappa shape index (κ1) is 12.0. The van der Waals surface area contributed by atoms with E-state index in [1.165, 1.54) is 19.3 Å². The van der Waals surface area contributed by atoms with Gasteiger partial charge in [0.05, 0.1) is 0 Å². The molecule has 1 saturated heterocycles. The number of rotatable bonds is 3. The monoisotopic (exact) mass is 248 g/mol. The molecule has 2 fully saturated rings. The van der Waals surface area contributed by atoms with Gasteiger partial charge in [-0.1, -0.05) is 12.5 Å². The van der Waals surface area contributed by atoms with E-state index < -0.39 is 0 Å². The summed E-state index contributed by atoms with van der Waals surface area (Å²) in [4.78, 5) is 2.33. The van der Waals surface area contributed by atoms with E-state index in [0.29, 0.717) is 6.54 Å². The van der Waals surface area contributed by atoms with Crippen molar-refractivity contribution in [1.82, 2.24) is 0 Å². The van der Waals surface area contributed by atoms with Gasteiger partial charge >= 0.3 is 0 Å². The first-order chi connectivity index (χ1) is 8.77. The van der Waals surface area contributed by atoms with Crippen molar-refractivity contribution in [2.45, 2.75) is 37.5 Å². The normalized spacial score (nSPS) is 22.0. The van der Waals surface area contributed by atoms with Crippen LogP contribution < -0.4 is 10.6 Å². The standard InChI is InChI=1S/C15H21FN2/c16-12-5-3-6-13(18-9-1-2-10-18)14(12)15(11-17)7-4-8-15/h3,5-6H,1-2,4,7-11,17H2. The van der Waals surface area contributed by atoms with Crippen molar-refractivity contribution in [3.05, 3.63) is 29.6 Å². The second-order valence-electron chi connectivity index (χ2n) is 5.67. The van der Waals surface area contributed by atoms with Gasteiger partial charge in [-0.2, -0.15) is 0 Å². The SMILES string of the molecule is NCC1(c2c(F)cccc2N2CCCC2)CCC1. The van der Waals surface area contributed by atoms with Crippen LogP contribution in [0.15, 0.2) is 18.2 Å². The highest BCUT2D eigenvalue weighted by molar-refractivity contribution is 5.59. The highest BCUT2D eigenvalue weighted by Gasteiger charge is 2.41. The molecule has 3 rings (SSSR count). The molecule has 1 saturated carbocycles. The third-order valence-electron chi connectivity index (χ3n) is 4.67. The van der Waals surface area contributed by atoms with Crippen molar-refractivity contribution in [3.63, 3.8) is 0 Å². The minimum atomic E-state index is -0.0940. The largest absolute Gasteiger partial charge is 0.371 e. The van der Waals surface area contributed by atoms with Crippen LogP contribution in [0.3, 0.4) is 0 Å². The summed E-state index contributed by atoms with van der Waals surface area (Å²) in [7, 11) is 0. The average Bonchev–Trinajstić information content (AvgIpc) is 2.84. The van der Waals surface area contributed by atoms with E-state index in [-0.39, 0.29) is 11.2 Å². The van der Waals surface area contributed by atoms with Crippen molar-refractivity contribution < 1.29 is 4.39 Å². The van der Waals surface area contributed by atoms with Crippen LogP contribution in [0, 0.1) is 5.82 Å². The first-order valence-corrected chi connectivity index (χ1v) is 7.01. The van der Waals surface area contributed by atoms with Gasteiger partial charge in [-0.25, -0.2) is 4.39 Å². The fraction of sp³-hybridized carbons (Fsp3) is 0.600. The maximum atomic E-state index is 14.3. The number of hydrogen-bond donors (Lipinski definition) is 1. The van der Waals surface area contributed by atoms with Crippen LogP contribution in [0.1, 0.15) is 37.7 Å². The van der Waals surface area contributed by atoms with E-state index in [9.17, 15) is 4.39 Å². The lowest BCUT2D eigenvalue weighted by Gasteiger charge is -2.43. The summed E-state index contributed by atoms with van der Waals surface area (Å²) < 4.78 is 14.3. The third kappa shape index (κ3) is 1.72. The van der Waals surface area contributed by atoms with Gasteiger partial charge in [0.15, 0.2) is 0 Å². The quantitative estimate of drug-likeness (QED) is 0.891. The number of hydrogen-bond acceptors (Lipinski definition) is 2. The predicted molar refractivity (Wildman–Crippen MR) is 72.4 cm³/mol. The Morgan fingerprint density at radius 3 is 2.44 bits per heavy atom. The van der Waals surface area contributed by atoms with Crippen molar-refractivity contribution in [1.29, 1.82) is 0 Å². The number of anilines is 1. The Labute approximate surface area is 108 Å². The molecule has 0 amide bonds. The maximum Gasteiger partial charge on any atom is 0.129 e. The lowest BCUT2D eigenvalue weighted by Crippen LogP contribution is -2.43. The van der Waals surface area contributed by atoms with Crippen LogP contribution in [0.2, 0.25) is 0 Å². The molecule has 3 heteroatoms. The molecule has 0 atom stereocenters. The van der Waals surface area contributed by atoms with Gasteiger partial charge in [-0.05, 0) is 37.8 Å². The Kier molecular flexibility index (Phi) is 3.02. The molecule has 1 aliphatic heterocycles. The number of benzene rings is 1. The molecule has 2 nitrogen and oxygen atoms in total. The maximum absolute atomic E-state index is 14.3. The lowest BCUT2D eigenvalue weighted by atomic mass is 9.64. The first-order valence-electron chi connectivity index (χ1n) is 7.01. The molecule has 18 heavy (non-hydrogen) atoms. The van der Waals surface area contributed by atoms with Gasteiger partial charge in [0, 0.05) is 36.3 Å². The zero-order valence-corrected chi connectivity index (χ0v) is 10.8. The van der Waals surface area contributed by atoms with Gasteiger partial charge in [-0.15, -0.1) is 0 Å². The second-order valence-corrected chi connectivity index (χ2v) is 5.67. The zero-order valence-electron chi connectivity index (χ0n) is 10.8. The van der Waals surface area contributed by atoms with E-state index >= 15 is 0 Å². The summed E-state index contributed by atoms with van der Waals surface area (Å²) in [5.74, 6) is -0.0652. The average molecular weight is 248 g/mol. The molecule has 0 radical (unpaired) electrons. The van der Waals surface area contributed by atoms with Crippen LogP contribution in [-0.4, -0.2) is 19.6 Å². The molecule has 0 bridgehead atoms. The van der Waals surface area contributed by atoms with Crippen LogP contribution in [0.4, 0.5) is 10.1 Å². The summed E-state index contributed by atoms with van der Waals surface area (Å²) in [5.41, 5.74) is 7.84. The van der Waals surface area contributed by atoms with Crippen molar-refractivity contribution in [2.24, 2.45) is 5.73 Å². The summed E-state index contributed by atoms with van der Waals surface area (Å²) in [6.45, 7) is 2.67. The fourth-order valence-electron chi connectivity index (χ4n) is 3.42. The number of nitrogens with two attached hydrogens (primary N) is 1. The van der Waals surface area contributed by atoms with E-state index in [0.717, 1.165) is 37.2 Å². The smallest absolute Gasteiger partial charge is 0.129 e. The highest BCUT2D eigenvalue weighted by atomic mass is 19.1. The molecular weight excluding hydrogens is 227 g/mol. The minimum Gasteiger partial charge on any atom is -0.371 e. The molecular formula is C15H21FN2. The molecule has 98 valence electrons. The van der Waals surface area contributed by atoms with Gasteiger partial charge in [-0.3, -0.25) is 0 Å². The summed E-state index contributed by atoms with van der Waals surface area (Å²) >= 11 is 0. The molecule has 1 aromatic rings. The van der Waals surface area contributed by atoms with Gasteiger partial charge in [0.25, 0.3) is 0 Å². The molecule has 0 spiro atoms. The van der Waals surface area contributed by atoms with Gasteiger partial charge in [0.1, 0.15) is 5.82 Å². The molecule has 2 aliphatic rings. The molecule has 0 aromatic heterocycles. The van der Waals surface area contributed by atoms with E-state index in [2.05, 4.69) is 11.0 Å². The number of nitrogens with zero attached hydrogens (tertiary/aromatic N) is 1. The molecule has 1 aliphatic carbocycles. The van der Waals surface area contributed by atoms with E-state index in [4.69, 9.17) is 5.73 Å². The van der Waals surface area contributed by atoms with Crippen molar-refractivity contribution >= 4 is 5.69 Å². The summed E-state index contributed by atoms with van der Waals surface area (Å²) in [5, 5.41) is 0. The minimum absolute atomic E-state index is 0.0652. The molecule has 1 aromatic carbocycles. The van der Waals surface area contributed by atoms with Crippen LogP contribution in [-0.2, 0) is 5.41 Å². The van der Waals surface area contributed by atoms with Crippen molar-refractivity contribution in [2.75, 3.05) is 24.5 Å².